The molecule has 0 spiro atoms. The SMILES string of the molecule is CC(C)(CCl)C(=O)[N+](C)(OC(=O)c1ccccc1)c1ccccc1Cl. The molecular formula is C19H20Cl2NO3+. The molecule has 0 fully saturated rings. The summed E-state index contributed by atoms with van der Waals surface area (Å²) >= 11 is 12.3. The quantitative estimate of drug-likeness (QED) is 0.432. The monoisotopic (exact) mass is 380 g/mol. The predicted molar refractivity (Wildman–Crippen MR) is 101 cm³/mol. The minimum Gasteiger partial charge on any atom is -0.258 e. The molecule has 1 atom stereocenters. The van der Waals surface area contributed by atoms with E-state index in [2.05, 4.69) is 0 Å². The second kappa shape index (κ2) is 7.56. The van der Waals surface area contributed by atoms with Gasteiger partial charge in [-0.3, -0.25) is 4.84 Å². The standard InChI is InChI=1S/C19H20Cl2NO3/c1-19(2,13-20)18(24)22(3,16-12-8-7-11-15(16)21)25-17(23)14-9-5-4-6-10-14/h4-12H,13H2,1-3H3/q+1. The molecule has 1 unspecified atom stereocenters. The van der Waals surface area contributed by atoms with E-state index in [0.717, 1.165) is 0 Å². The van der Waals surface area contributed by atoms with Gasteiger partial charge in [0, 0.05) is 11.9 Å². The first kappa shape index (κ1) is 19.4. The molecule has 0 aliphatic heterocycles. The number of rotatable bonds is 4. The van der Waals surface area contributed by atoms with E-state index >= 15 is 0 Å². The molecule has 0 saturated carbocycles. The van der Waals surface area contributed by atoms with Gasteiger partial charge >= 0.3 is 11.9 Å². The molecule has 0 bridgehead atoms. The highest BCUT2D eigenvalue weighted by Crippen LogP contribution is 2.36. The van der Waals surface area contributed by atoms with Gasteiger partial charge in [0.1, 0.15) is 12.1 Å². The van der Waals surface area contributed by atoms with E-state index in [1.165, 1.54) is 7.05 Å². The van der Waals surface area contributed by atoms with Crippen molar-refractivity contribution in [3.63, 3.8) is 0 Å². The Bertz CT molecular complexity index is 777. The molecular weight excluding hydrogens is 361 g/mol. The number of benzene rings is 2. The first-order valence-electron chi connectivity index (χ1n) is 7.74. The van der Waals surface area contributed by atoms with E-state index < -0.39 is 16.0 Å². The molecule has 0 aliphatic rings. The van der Waals surface area contributed by atoms with E-state index in [0.29, 0.717) is 16.3 Å². The van der Waals surface area contributed by atoms with Crippen LogP contribution in [0.1, 0.15) is 24.2 Å². The van der Waals surface area contributed by atoms with Gasteiger partial charge in [-0.1, -0.05) is 41.9 Å². The van der Waals surface area contributed by atoms with E-state index in [1.807, 2.05) is 0 Å². The number of quaternary nitrogens is 1. The maximum atomic E-state index is 13.2. The van der Waals surface area contributed by atoms with Crippen molar-refractivity contribution in [3.8, 4) is 0 Å². The van der Waals surface area contributed by atoms with Crippen LogP contribution in [0.5, 0.6) is 0 Å². The zero-order chi connectivity index (χ0) is 18.7. The summed E-state index contributed by atoms with van der Waals surface area (Å²) in [5.74, 6) is -0.922. The number of halogens is 2. The van der Waals surface area contributed by atoms with E-state index in [9.17, 15) is 9.59 Å². The fraction of sp³-hybridized carbons (Fsp3) is 0.263. The molecule has 2 aromatic carbocycles. The van der Waals surface area contributed by atoms with E-state index in [1.54, 1.807) is 68.4 Å². The second-order valence-electron chi connectivity index (χ2n) is 6.44. The largest absolute Gasteiger partial charge is 0.398 e. The van der Waals surface area contributed by atoms with Crippen LogP contribution in [0.3, 0.4) is 0 Å². The van der Waals surface area contributed by atoms with Crippen molar-refractivity contribution in [3.05, 3.63) is 65.2 Å². The van der Waals surface area contributed by atoms with Crippen LogP contribution in [0.25, 0.3) is 0 Å². The minimum absolute atomic E-state index is 0.0764. The second-order valence-corrected chi connectivity index (χ2v) is 7.12. The first-order chi connectivity index (χ1) is 11.7. The van der Waals surface area contributed by atoms with Gasteiger partial charge in [0.05, 0.1) is 11.0 Å². The fourth-order valence-electron chi connectivity index (χ4n) is 2.43. The highest BCUT2D eigenvalue weighted by atomic mass is 35.5. The van der Waals surface area contributed by atoms with Crippen molar-refractivity contribution in [1.29, 1.82) is 0 Å². The summed E-state index contributed by atoms with van der Waals surface area (Å²) in [7, 11) is 1.50. The van der Waals surface area contributed by atoms with Gasteiger partial charge < -0.3 is 0 Å². The lowest BCUT2D eigenvalue weighted by molar-refractivity contribution is -0.166. The molecule has 0 radical (unpaired) electrons. The molecule has 6 heteroatoms. The van der Waals surface area contributed by atoms with Crippen LogP contribution >= 0.6 is 23.2 Å². The van der Waals surface area contributed by atoms with Gasteiger partial charge in [0.2, 0.25) is 5.69 Å². The fourth-order valence-corrected chi connectivity index (χ4v) is 2.84. The molecule has 0 aromatic heterocycles. The third-order valence-corrected chi connectivity index (χ3v) is 4.88. The lowest BCUT2D eigenvalue weighted by atomic mass is 9.94. The van der Waals surface area contributed by atoms with Gasteiger partial charge in [-0.15, -0.1) is 11.6 Å². The molecule has 2 aromatic rings. The maximum Gasteiger partial charge on any atom is 0.398 e. The number of hydrogen-bond acceptors (Lipinski definition) is 3. The summed E-state index contributed by atoms with van der Waals surface area (Å²) in [5, 5.41) is 0.324. The molecule has 1 amide bonds. The van der Waals surface area contributed by atoms with E-state index in [-0.39, 0.29) is 11.8 Å². The number of hydrogen-bond donors (Lipinski definition) is 0. The number of amides is 1. The Morgan fingerprint density at radius 2 is 1.60 bits per heavy atom. The van der Waals surface area contributed by atoms with Gasteiger partial charge in [0.25, 0.3) is 0 Å². The van der Waals surface area contributed by atoms with Crippen molar-refractivity contribution in [1.82, 2.24) is 4.65 Å². The number of para-hydroxylation sites is 1. The average Bonchev–Trinajstić information content (AvgIpc) is 2.62. The van der Waals surface area contributed by atoms with Crippen molar-refractivity contribution in [2.45, 2.75) is 13.8 Å². The van der Waals surface area contributed by atoms with Crippen LogP contribution in [-0.2, 0) is 9.63 Å². The van der Waals surface area contributed by atoms with Crippen molar-refractivity contribution in [2.24, 2.45) is 5.41 Å². The topological polar surface area (TPSA) is 43.4 Å². The normalized spacial score (nSPS) is 13.8. The summed E-state index contributed by atoms with van der Waals surface area (Å²) in [6.07, 6.45) is 0. The number of carbonyl (C=O) groups is 2. The molecule has 2 rings (SSSR count). The first-order valence-corrected chi connectivity index (χ1v) is 8.65. The van der Waals surface area contributed by atoms with Gasteiger partial charge in [-0.2, -0.15) is 0 Å². The summed E-state index contributed by atoms with van der Waals surface area (Å²) < 4.78 is -0.729. The molecule has 0 saturated heterocycles. The number of alkyl halides is 1. The minimum atomic E-state index is -0.924. The van der Waals surface area contributed by atoms with Crippen LogP contribution in [-0.4, -0.2) is 24.8 Å². The van der Waals surface area contributed by atoms with Crippen LogP contribution in [0.15, 0.2) is 54.6 Å². The lowest BCUT2D eigenvalue weighted by Gasteiger charge is -2.33. The summed E-state index contributed by atoms with van der Waals surface area (Å²) in [6, 6.07) is 15.3. The molecule has 25 heavy (non-hydrogen) atoms. The number of nitrogens with zero attached hydrogens (tertiary/aromatic N) is 1. The van der Waals surface area contributed by atoms with Crippen molar-refractivity contribution in [2.75, 3.05) is 12.9 Å². The van der Waals surface area contributed by atoms with Crippen LogP contribution in [0.2, 0.25) is 5.02 Å². The predicted octanol–water partition coefficient (Wildman–Crippen LogP) is 4.84. The number of hydroxylamine groups is 2. The van der Waals surface area contributed by atoms with Crippen LogP contribution in [0, 0.1) is 5.41 Å². The third kappa shape index (κ3) is 4.03. The Labute approximate surface area is 157 Å². The zero-order valence-corrected chi connectivity index (χ0v) is 15.8. The summed E-state index contributed by atoms with van der Waals surface area (Å²) in [5.41, 5.74) is -0.209. The molecule has 4 nitrogen and oxygen atoms in total. The van der Waals surface area contributed by atoms with Crippen molar-refractivity contribution >= 4 is 40.8 Å². The smallest absolute Gasteiger partial charge is 0.258 e. The number of carbonyl (C=O) groups excluding carboxylic acids is 2. The van der Waals surface area contributed by atoms with E-state index in [4.69, 9.17) is 28.0 Å². The molecule has 0 N–H and O–H groups in total. The Morgan fingerprint density at radius 1 is 1.04 bits per heavy atom. The van der Waals surface area contributed by atoms with Gasteiger partial charge in [-0.25, -0.2) is 9.59 Å². The molecule has 0 aliphatic carbocycles. The van der Waals surface area contributed by atoms with Gasteiger partial charge in [0.15, 0.2) is 0 Å². The zero-order valence-electron chi connectivity index (χ0n) is 14.3. The highest BCUT2D eigenvalue weighted by molar-refractivity contribution is 6.33. The highest BCUT2D eigenvalue weighted by Gasteiger charge is 2.50. The third-order valence-electron chi connectivity index (χ3n) is 3.89. The summed E-state index contributed by atoms with van der Waals surface area (Å²) in [4.78, 5) is 31.4. The Balaban J connectivity index is 2.52. The van der Waals surface area contributed by atoms with Crippen LogP contribution < -0.4 is 4.65 Å². The maximum absolute atomic E-state index is 13.2. The Kier molecular flexibility index (Phi) is 5.88. The lowest BCUT2D eigenvalue weighted by Crippen LogP contribution is -2.57. The van der Waals surface area contributed by atoms with Crippen molar-refractivity contribution < 1.29 is 14.4 Å². The van der Waals surface area contributed by atoms with Gasteiger partial charge in [-0.05, 0) is 36.7 Å². The molecule has 0 heterocycles. The summed E-state index contributed by atoms with van der Waals surface area (Å²) in [6.45, 7) is 3.40. The molecule has 132 valence electrons. The Morgan fingerprint density at radius 3 is 2.16 bits per heavy atom. The average molecular weight is 381 g/mol. The van der Waals surface area contributed by atoms with Crippen LogP contribution in [0.4, 0.5) is 5.69 Å². The Hall–Kier alpha value is -1.88.